The van der Waals surface area contributed by atoms with Gasteiger partial charge in [0.25, 0.3) is 0 Å². The van der Waals surface area contributed by atoms with Crippen LogP contribution in [0.2, 0.25) is 0 Å². The van der Waals surface area contributed by atoms with Crippen LogP contribution in [0.25, 0.3) is 0 Å². The number of aryl methyl sites for hydroxylation is 2. The summed E-state index contributed by atoms with van der Waals surface area (Å²) in [5.74, 6) is 0.464. The van der Waals surface area contributed by atoms with Gasteiger partial charge in [0, 0.05) is 17.6 Å². The van der Waals surface area contributed by atoms with Crippen LogP contribution in [-0.2, 0) is 5.41 Å². The zero-order chi connectivity index (χ0) is 22.7. The molecule has 2 rings (SSSR count). The molecule has 2 nitrogen and oxygen atoms in total. The van der Waals surface area contributed by atoms with Crippen molar-refractivity contribution in [1.29, 1.82) is 0 Å². The molecule has 30 heavy (non-hydrogen) atoms. The van der Waals surface area contributed by atoms with Crippen molar-refractivity contribution in [3.63, 3.8) is 0 Å². The molecule has 0 amide bonds. The Hall–Kier alpha value is -1.80. The average molecular weight is 412 g/mol. The minimum absolute atomic E-state index is 0.0763. The number of aromatic hydroxyl groups is 1. The van der Waals surface area contributed by atoms with Crippen LogP contribution in [0.1, 0.15) is 83.9 Å². The second-order valence-electron chi connectivity index (χ2n) is 9.23. The van der Waals surface area contributed by atoms with Gasteiger partial charge in [0.2, 0.25) is 0 Å². The lowest BCUT2D eigenvalue weighted by atomic mass is 9.71. The van der Waals surface area contributed by atoms with Gasteiger partial charge in [0.15, 0.2) is 0 Å². The Bertz CT molecular complexity index is 715. The van der Waals surface area contributed by atoms with Crippen molar-refractivity contribution in [2.24, 2.45) is 0 Å². The van der Waals surface area contributed by atoms with Gasteiger partial charge < -0.3 is 5.11 Å². The van der Waals surface area contributed by atoms with E-state index in [9.17, 15) is 5.11 Å². The normalized spacial score (nSPS) is 13.3. The number of hydrogen-bond donors (Lipinski definition) is 1. The van der Waals surface area contributed by atoms with Crippen LogP contribution in [0, 0.1) is 13.8 Å². The highest BCUT2D eigenvalue weighted by molar-refractivity contribution is 5.41. The maximum absolute atomic E-state index is 10.5. The summed E-state index contributed by atoms with van der Waals surface area (Å²) in [5, 5.41) is 10.5. The van der Waals surface area contributed by atoms with Crippen molar-refractivity contribution in [1.82, 2.24) is 4.90 Å². The molecule has 0 spiro atoms. The van der Waals surface area contributed by atoms with Gasteiger partial charge in [-0.1, -0.05) is 73.9 Å². The first-order valence-corrected chi connectivity index (χ1v) is 11.7. The van der Waals surface area contributed by atoms with Crippen molar-refractivity contribution in [2.75, 3.05) is 6.54 Å². The maximum Gasteiger partial charge on any atom is 0.119 e. The molecule has 0 saturated carbocycles. The van der Waals surface area contributed by atoms with E-state index in [1.807, 2.05) is 30.3 Å². The summed E-state index contributed by atoms with van der Waals surface area (Å²) < 4.78 is 0. The summed E-state index contributed by atoms with van der Waals surface area (Å²) in [4.78, 5) is 2.56. The average Bonchev–Trinajstić information content (AvgIpc) is 2.70. The fourth-order valence-corrected chi connectivity index (χ4v) is 4.48. The van der Waals surface area contributed by atoms with Crippen molar-refractivity contribution in [2.45, 2.75) is 98.6 Å². The van der Waals surface area contributed by atoms with Crippen molar-refractivity contribution >= 4 is 0 Å². The number of phenols is 1. The molecule has 2 aromatic rings. The number of nitrogens with zero attached hydrogens (tertiary/aromatic N) is 1. The largest absolute Gasteiger partial charge is 0.508 e. The maximum atomic E-state index is 10.5. The van der Waals surface area contributed by atoms with E-state index >= 15 is 0 Å². The van der Waals surface area contributed by atoms with E-state index in [1.165, 1.54) is 11.1 Å². The summed E-state index contributed by atoms with van der Waals surface area (Å²) in [5.41, 5.74) is 3.78. The van der Waals surface area contributed by atoms with E-state index in [0.717, 1.165) is 37.8 Å². The Kier molecular flexibility index (Phi) is 11.2. The number of hydrogen-bond acceptors (Lipinski definition) is 2. The lowest BCUT2D eigenvalue weighted by Crippen LogP contribution is -2.41. The van der Waals surface area contributed by atoms with Crippen LogP contribution in [0.3, 0.4) is 0 Å². The minimum atomic E-state index is 0.0763. The molecule has 0 aliphatic carbocycles. The van der Waals surface area contributed by atoms with E-state index < -0.39 is 0 Å². The highest BCUT2D eigenvalue weighted by atomic mass is 16.3. The first-order valence-electron chi connectivity index (χ1n) is 11.7. The van der Waals surface area contributed by atoms with Gasteiger partial charge in [-0.3, -0.25) is 4.90 Å². The van der Waals surface area contributed by atoms with Gasteiger partial charge >= 0.3 is 0 Å². The van der Waals surface area contributed by atoms with E-state index in [0.29, 0.717) is 17.8 Å². The number of benzene rings is 2. The summed E-state index contributed by atoms with van der Waals surface area (Å²) in [7, 11) is 0. The molecule has 2 heteroatoms. The fraction of sp³-hybridized carbons (Fsp3) is 0.571. The number of rotatable bonds is 9. The molecule has 2 aromatic carbocycles. The molecule has 0 bridgehead atoms. The lowest BCUT2D eigenvalue weighted by Gasteiger charge is -2.38. The topological polar surface area (TPSA) is 23.5 Å². The second kappa shape index (κ2) is 12.8. The summed E-state index contributed by atoms with van der Waals surface area (Å²) in [6.07, 6.45) is 4.45. The SMILES string of the molecule is CCCC(CC)(CCN(C(C)C)C(C)C)c1cc(C)ccc1O.Cc1ccccc1. The van der Waals surface area contributed by atoms with E-state index in [1.54, 1.807) is 0 Å². The van der Waals surface area contributed by atoms with Gasteiger partial charge in [-0.25, -0.2) is 0 Å². The van der Waals surface area contributed by atoms with Crippen molar-refractivity contribution in [3.05, 3.63) is 65.2 Å². The smallest absolute Gasteiger partial charge is 0.119 e. The van der Waals surface area contributed by atoms with Crippen LogP contribution in [0.4, 0.5) is 0 Å². The van der Waals surface area contributed by atoms with Gasteiger partial charge in [-0.15, -0.1) is 0 Å². The molecular weight excluding hydrogens is 366 g/mol. The molecule has 1 atom stereocenters. The van der Waals surface area contributed by atoms with Gasteiger partial charge in [0.05, 0.1) is 0 Å². The Balaban J connectivity index is 0.000000539. The Morgan fingerprint density at radius 3 is 1.87 bits per heavy atom. The first-order chi connectivity index (χ1) is 14.2. The fourth-order valence-electron chi connectivity index (χ4n) is 4.48. The van der Waals surface area contributed by atoms with Crippen LogP contribution in [-0.4, -0.2) is 28.6 Å². The van der Waals surface area contributed by atoms with E-state index in [4.69, 9.17) is 0 Å². The van der Waals surface area contributed by atoms with Crippen molar-refractivity contribution < 1.29 is 5.11 Å². The van der Waals surface area contributed by atoms with Crippen LogP contribution in [0.5, 0.6) is 5.75 Å². The molecule has 0 fully saturated rings. The minimum Gasteiger partial charge on any atom is -0.508 e. The Morgan fingerprint density at radius 1 is 0.833 bits per heavy atom. The molecule has 0 aliphatic rings. The summed E-state index contributed by atoms with van der Waals surface area (Å²) in [6, 6.07) is 17.4. The zero-order valence-corrected chi connectivity index (χ0v) is 20.7. The van der Waals surface area contributed by atoms with Crippen LogP contribution < -0.4 is 0 Å². The molecule has 0 aliphatic heterocycles. The Morgan fingerprint density at radius 2 is 1.43 bits per heavy atom. The quantitative estimate of drug-likeness (QED) is 0.458. The molecule has 0 heterocycles. The van der Waals surface area contributed by atoms with E-state index in [2.05, 4.69) is 78.5 Å². The molecule has 0 radical (unpaired) electrons. The third kappa shape index (κ3) is 7.80. The predicted molar refractivity (Wildman–Crippen MR) is 132 cm³/mol. The van der Waals surface area contributed by atoms with Gasteiger partial charge in [-0.2, -0.15) is 0 Å². The highest BCUT2D eigenvalue weighted by Gasteiger charge is 2.33. The molecular formula is C28H45NO. The molecule has 168 valence electrons. The Labute approximate surface area is 186 Å². The summed E-state index contributed by atoms with van der Waals surface area (Å²) in [6.45, 7) is 18.9. The van der Waals surface area contributed by atoms with Crippen LogP contribution in [0.15, 0.2) is 48.5 Å². The van der Waals surface area contributed by atoms with E-state index in [-0.39, 0.29) is 5.41 Å². The standard InChI is InChI=1S/C21H37NO.C7H8/c1-8-12-21(9-2,13-14-22(16(3)4)17(5)6)19-15-18(7)10-11-20(19)23;1-7-5-3-2-4-6-7/h10-11,15-17,23H,8-9,12-14H2,1-7H3;2-6H,1H3. The third-order valence-corrected chi connectivity index (χ3v) is 6.24. The first kappa shape index (κ1) is 26.2. The number of phenolic OH excluding ortho intramolecular Hbond substituents is 1. The monoisotopic (exact) mass is 411 g/mol. The van der Waals surface area contributed by atoms with Gasteiger partial charge in [0.1, 0.15) is 5.75 Å². The van der Waals surface area contributed by atoms with Crippen molar-refractivity contribution in [3.8, 4) is 5.75 Å². The lowest BCUT2D eigenvalue weighted by molar-refractivity contribution is 0.151. The third-order valence-electron chi connectivity index (χ3n) is 6.24. The van der Waals surface area contributed by atoms with Crippen LogP contribution >= 0.6 is 0 Å². The summed E-state index contributed by atoms with van der Waals surface area (Å²) >= 11 is 0. The molecule has 0 aromatic heterocycles. The molecule has 1 N–H and O–H groups in total. The molecule has 0 saturated heterocycles. The predicted octanol–water partition coefficient (Wildman–Crippen LogP) is 7.65. The molecule has 1 unspecified atom stereocenters. The van der Waals surface area contributed by atoms with Gasteiger partial charge in [-0.05, 0) is 78.8 Å². The zero-order valence-electron chi connectivity index (χ0n) is 20.7. The highest BCUT2D eigenvalue weighted by Crippen LogP contribution is 2.41. The second-order valence-corrected chi connectivity index (χ2v) is 9.23.